The van der Waals surface area contributed by atoms with Crippen molar-refractivity contribution in [1.29, 1.82) is 0 Å². The molecule has 23 heavy (non-hydrogen) atoms. The molecule has 126 valence electrons. The first-order valence-corrected chi connectivity index (χ1v) is 8.67. The zero-order valence-corrected chi connectivity index (χ0v) is 13.5. The first kappa shape index (κ1) is 14.9. The van der Waals surface area contributed by atoms with Gasteiger partial charge in [-0.1, -0.05) is 12.8 Å². The van der Waals surface area contributed by atoms with Crippen molar-refractivity contribution in [2.75, 3.05) is 26.2 Å². The second-order valence-corrected chi connectivity index (χ2v) is 7.49. The number of hydrogen-bond donors (Lipinski definition) is 2. The highest BCUT2D eigenvalue weighted by molar-refractivity contribution is 6.10. The molecule has 1 spiro atoms. The lowest BCUT2D eigenvalue weighted by atomic mass is 9.97. The molecule has 0 aromatic rings. The molecule has 1 unspecified atom stereocenters. The predicted molar refractivity (Wildman–Crippen MR) is 82.5 cm³/mol. The number of nitrogens with zero attached hydrogens (tertiary/aromatic N) is 2. The summed E-state index contributed by atoms with van der Waals surface area (Å²) in [7, 11) is 0. The number of nitrogens with one attached hydrogen (secondary N) is 2. The lowest BCUT2D eigenvalue weighted by molar-refractivity contribution is -0.142. The van der Waals surface area contributed by atoms with Gasteiger partial charge in [0.1, 0.15) is 11.6 Å². The van der Waals surface area contributed by atoms with Gasteiger partial charge >= 0.3 is 6.03 Å². The van der Waals surface area contributed by atoms with Gasteiger partial charge in [-0.15, -0.1) is 0 Å². The highest BCUT2D eigenvalue weighted by atomic mass is 16.2. The van der Waals surface area contributed by atoms with Crippen molar-refractivity contribution >= 4 is 17.8 Å². The van der Waals surface area contributed by atoms with Crippen LogP contribution >= 0.6 is 0 Å². The van der Waals surface area contributed by atoms with E-state index < -0.39 is 17.6 Å². The topological polar surface area (TPSA) is 81.8 Å². The van der Waals surface area contributed by atoms with Gasteiger partial charge in [-0.2, -0.15) is 0 Å². The van der Waals surface area contributed by atoms with Crippen LogP contribution in [0, 0.1) is 11.8 Å². The first-order valence-electron chi connectivity index (χ1n) is 8.67. The van der Waals surface area contributed by atoms with Gasteiger partial charge in [-0.3, -0.25) is 9.59 Å². The second-order valence-electron chi connectivity index (χ2n) is 7.49. The predicted octanol–water partition coefficient (Wildman–Crippen LogP) is -0.0827. The Morgan fingerprint density at radius 3 is 2.39 bits per heavy atom. The molecular formula is C16H24N4O3. The molecule has 3 saturated heterocycles. The quantitative estimate of drug-likeness (QED) is 0.697. The van der Waals surface area contributed by atoms with Crippen molar-refractivity contribution < 1.29 is 14.4 Å². The normalized spacial score (nSPS) is 33.4. The van der Waals surface area contributed by atoms with Crippen LogP contribution in [-0.2, 0) is 9.59 Å². The molecule has 0 aromatic carbocycles. The van der Waals surface area contributed by atoms with Crippen LogP contribution in [0.5, 0.6) is 0 Å². The number of fused-ring (bicyclic) bond motifs is 1. The van der Waals surface area contributed by atoms with E-state index >= 15 is 0 Å². The monoisotopic (exact) mass is 320 g/mol. The molecule has 3 aliphatic heterocycles. The molecule has 0 bridgehead atoms. The summed E-state index contributed by atoms with van der Waals surface area (Å²) in [6.45, 7) is 5.05. The number of amides is 4. The van der Waals surface area contributed by atoms with Crippen LogP contribution in [0.4, 0.5) is 4.79 Å². The SMILES string of the molecule is CC(C(=O)N1C[C@H]2CNC[C@H]2C1)N1C(=O)NC2(CCCC2)C1=O. The minimum absolute atomic E-state index is 0.0991. The summed E-state index contributed by atoms with van der Waals surface area (Å²) in [5, 5.41) is 6.20. The van der Waals surface area contributed by atoms with Gasteiger partial charge < -0.3 is 15.5 Å². The van der Waals surface area contributed by atoms with Crippen LogP contribution in [0.2, 0.25) is 0 Å². The molecule has 7 heteroatoms. The Balaban J connectivity index is 1.48. The Morgan fingerprint density at radius 1 is 1.17 bits per heavy atom. The smallest absolute Gasteiger partial charge is 0.325 e. The van der Waals surface area contributed by atoms with Crippen LogP contribution < -0.4 is 10.6 Å². The third-order valence-corrected chi connectivity index (χ3v) is 6.10. The standard InChI is InChI=1S/C16H24N4O3/c1-10(13(21)19-8-11-6-17-7-12(11)9-19)20-14(22)16(18-15(20)23)4-2-3-5-16/h10-12,17H,2-9H2,1H3,(H,18,23)/t10?,11-,12+. The summed E-state index contributed by atoms with van der Waals surface area (Å²) in [5.74, 6) is 0.714. The van der Waals surface area contributed by atoms with E-state index in [1.54, 1.807) is 6.92 Å². The zero-order valence-electron chi connectivity index (χ0n) is 13.5. The molecule has 4 fully saturated rings. The van der Waals surface area contributed by atoms with Gasteiger partial charge in [0.2, 0.25) is 5.91 Å². The van der Waals surface area contributed by atoms with Crippen LogP contribution in [0.3, 0.4) is 0 Å². The van der Waals surface area contributed by atoms with E-state index in [2.05, 4.69) is 10.6 Å². The fraction of sp³-hybridized carbons (Fsp3) is 0.812. The van der Waals surface area contributed by atoms with Crippen LogP contribution in [0.25, 0.3) is 0 Å². The molecule has 4 aliphatic rings. The zero-order chi connectivity index (χ0) is 16.2. The van der Waals surface area contributed by atoms with E-state index in [4.69, 9.17) is 0 Å². The van der Waals surface area contributed by atoms with E-state index in [9.17, 15) is 14.4 Å². The molecule has 3 atom stereocenters. The number of rotatable bonds is 2. The van der Waals surface area contributed by atoms with Gasteiger partial charge in [0, 0.05) is 26.2 Å². The fourth-order valence-electron chi connectivity index (χ4n) is 4.72. The van der Waals surface area contributed by atoms with E-state index in [-0.39, 0.29) is 11.8 Å². The summed E-state index contributed by atoms with van der Waals surface area (Å²) >= 11 is 0. The van der Waals surface area contributed by atoms with Crippen molar-refractivity contribution in [3.8, 4) is 0 Å². The maximum absolute atomic E-state index is 12.8. The van der Waals surface area contributed by atoms with E-state index in [0.717, 1.165) is 39.0 Å². The van der Waals surface area contributed by atoms with Crippen molar-refractivity contribution in [1.82, 2.24) is 20.4 Å². The maximum Gasteiger partial charge on any atom is 0.325 e. The molecule has 4 rings (SSSR count). The summed E-state index contributed by atoms with van der Waals surface area (Å²) in [6.07, 6.45) is 3.28. The molecule has 0 radical (unpaired) electrons. The van der Waals surface area contributed by atoms with E-state index in [0.29, 0.717) is 24.7 Å². The number of hydrogen-bond acceptors (Lipinski definition) is 4. The molecule has 1 saturated carbocycles. The van der Waals surface area contributed by atoms with E-state index in [1.807, 2.05) is 4.90 Å². The van der Waals surface area contributed by atoms with Crippen molar-refractivity contribution in [2.24, 2.45) is 11.8 Å². The number of carbonyl (C=O) groups excluding carboxylic acids is 3. The summed E-state index contributed by atoms with van der Waals surface area (Å²) in [5.41, 5.74) is -0.739. The molecule has 3 heterocycles. The largest absolute Gasteiger partial charge is 0.340 e. The summed E-state index contributed by atoms with van der Waals surface area (Å²) in [6, 6.07) is -1.12. The Hall–Kier alpha value is -1.63. The first-order chi connectivity index (χ1) is 11.0. The Kier molecular flexibility index (Phi) is 3.37. The van der Waals surface area contributed by atoms with E-state index in [1.165, 1.54) is 4.90 Å². The lowest BCUT2D eigenvalue weighted by Gasteiger charge is -2.27. The van der Waals surface area contributed by atoms with Gasteiger partial charge in [0.05, 0.1) is 0 Å². The lowest BCUT2D eigenvalue weighted by Crippen LogP contribution is -2.51. The highest BCUT2D eigenvalue weighted by Gasteiger charge is 2.55. The summed E-state index contributed by atoms with van der Waals surface area (Å²) < 4.78 is 0. The van der Waals surface area contributed by atoms with Gasteiger partial charge in [0.15, 0.2) is 0 Å². The van der Waals surface area contributed by atoms with Gasteiger partial charge in [-0.25, -0.2) is 9.69 Å². The third kappa shape index (κ3) is 2.16. The minimum Gasteiger partial charge on any atom is -0.340 e. The van der Waals surface area contributed by atoms with Crippen molar-refractivity contribution in [3.63, 3.8) is 0 Å². The highest BCUT2D eigenvalue weighted by Crippen LogP contribution is 2.36. The fourth-order valence-corrected chi connectivity index (χ4v) is 4.72. The minimum atomic E-state index is -0.739. The van der Waals surface area contributed by atoms with Crippen LogP contribution in [-0.4, -0.2) is 65.4 Å². The van der Waals surface area contributed by atoms with Crippen molar-refractivity contribution in [3.05, 3.63) is 0 Å². The molecular weight excluding hydrogens is 296 g/mol. The summed E-state index contributed by atoms with van der Waals surface area (Å²) in [4.78, 5) is 40.9. The molecule has 1 aliphatic carbocycles. The molecule has 2 N–H and O–H groups in total. The maximum atomic E-state index is 12.8. The average Bonchev–Trinajstić information content (AvgIpc) is 3.24. The third-order valence-electron chi connectivity index (χ3n) is 6.10. The second kappa shape index (κ2) is 5.19. The van der Waals surface area contributed by atoms with Gasteiger partial charge in [-0.05, 0) is 31.6 Å². The Labute approximate surface area is 135 Å². The number of carbonyl (C=O) groups is 3. The Morgan fingerprint density at radius 2 is 1.78 bits per heavy atom. The molecule has 4 amide bonds. The average molecular weight is 320 g/mol. The Bertz CT molecular complexity index is 546. The number of urea groups is 1. The van der Waals surface area contributed by atoms with Crippen LogP contribution in [0.1, 0.15) is 32.6 Å². The molecule has 0 aromatic heterocycles. The number of likely N-dealkylation sites (tertiary alicyclic amines) is 1. The molecule has 7 nitrogen and oxygen atoms in total. The number of imide groups is 1. The van der Waals surface area contributed by atoms with Crippen molar-refractivity contribution in [2.45, 2.75) is 44.2 Å². The van der Waals surface area contributed by atoms with Crippen LogP contribution in [0.15, 0.2) is 0 Å². The van der Waals surface area contributed by atoms with Gasteiger partial charge in [0.25, 0.3) is 5.91 Å².